The van der Waals surface area contributed by atoms with E-state index in [1.807, 2.05) is 0 Å². The predicted octanol–water partition coefficient (Wildman–Crippen LogP) is 1.73. The number of quaternary nitrogens is 1. The summed E-state index contributed by atoms with van der Waals surface area (Å²) in [5, 5.41) is 0.600. The van der Waals surface area contributed by atoms with Crippen LogP contribution in [0.4, 0.5) is 0 Å². The summed E-state index contributed by atoms with van der Waals surface area (Å²) in [6, 6.07) is 4.94. The van der Waals surface area contributed by atoms with Crippen LogP contribution in [-0.2, 0) is 10.0 Å². The summed E-state index contributed by atoms with van der Waals surface area (Å²) in [4.78, 5) is 1.69. The van der Waals surface area contributed by atoms with E-state index in [0.717, 1.165) is 25.9 Å². The molecule has 0 saturated carbocycles. The Labute approximate surface area is 136 Å². The van der Waals surface area contributed by atoms with Crippen molar-refractivity contribution >= 4 is 33.2 Å². The van der Waals surface area contributed by atoms with E-state index in [0.29, 0.717) is 11.1 Å². The van der Waals surface area contributed by atoms with E-state index in [9.17, 15) is 8.42 Å². The minimum atomic E-state index is -3.54. The number of rotatable bonds is 4. The number of hydrogen-bond acceptors (Lipinski definition) is 2. The third-order valence-corrected chi connectivity index (χ3v) is 6.22. The molecule has 2 N–H and O–H groups in total. The standard InChI is InChI=1S/C14H20Cl2N2O2S/c1-10(2)18-7-5-11(6-8-18)17-21(19,20)12-3-4-13(15)14(16)9-12/h3-4,9-11,17H,5-8H2,1-2H3/p+1. The van der Waals surface area contributed by atoms with Crippen LogP contribution in [0.25, 0.3) is 0 Å². The van der Waals surface area contributed by atoms with Gasteiger partial charge in [0, 0.05) is 18.9 Å². The fraction of sp³-hybridized carbons (Fsp3) is 0.571. The first-order valence-corrected chi connectivity index (χ1v) is 9.35. The Kier molecular flexibility index (Phi) is 5.54. The van der Waals surface area contributed by atoms with Crippen molar-refractivity contribution in [3.8, 4) is 0 Å². The van der Waals surface area contributed by atoms with Gasteiger partial charge in [0.1, 0.15) is 0 Å². The number of likely N-dealkylation sites (tertiary alicyclic amines) is 1. The van der Waals surface area contributed by atoms with Gasteiger partial charge in [0.15, 0.2) is 0 Å². The highest BCUT2D eigenvalue weighted by molar-refractivity contribution is 7.89. The van der Waals surface area contributed by atoms with Gasteiger partial charge in [0.2, 0.25) is 10.0 Å². The van der Waals surface area contributed by atoms with Crippen molar-refractivity contribution in [1.29, 1.82) is 0 Å². The molecule has 1 aliphatic heterocycles. The lowest BCUT2D eigenvalue weighted by atomic mass is 10.1. The Morgan fingerprint density at radius 3 is 2.33 bits per heavy atom. The van der Waals surface area contributed by atoms with E-state index >= 15 is 0 Å². The molecule has 4 nitrogen and oxygen atoms in total. The number of sulfonamides is 1. The average molecular weight is 352 g/mol. The summed E-state index contributed by atoms with van der Waals surface area (Å²) >= 11 is 11.7. The molecule has 7 heteroatoms. The summed E-state index contributed by atoms with van der Waals surface area (Å²) in [5.74, 6) is 0. The van der Waals surface area contributed by atoms with Crippen LogP contribution in [0.1, 0.15) is 26.7 Å². The quantitative estimate of drug-likeness (QED) is 0.867. The summed E-state index contributed by atoms with van der Waals surface area (Å²) in [5.41, 5.74) is 0. The summed E-state index contributed by atoms with van der Waals surface area (Å²) in [7, 11) is -3.54. The molecule has 0 radical (unpaired) electrons. The molecule has 0 spiro atoms. The van der Waals surface area contributed by atoms with Crippen LogP contribution in [0.15, 0.2) is 23.1 Å². The molecule has 0 amide bonds. The van der Waals surface area contributed by atoms with Gasteiger partial charge in [-0.1, -0.05) is 23.2 Å². The molecule has 2 rings (SSSR count). The Hall–Kier alpha value is -0.330. The second-order valence-corrected chi connectivity index (χ2v) is 8.31. The van der Waals surface area contributed by atoms with Gasteiger partial charge in [-0.15, -0.1) is 0 Å². The van der Waals surface area contributed by atoms with E-state index in [4.69, 9.17) is 23.2 Å². The maximum atomic E-state index is 12.4. The van der Waals surface area contributed by atoms with Crippen LogP contribution >= 0.6 is 23.2 Å². The highest BCUT2D eigenvalue weighted by Crippen LogP contribution is 2.25. The highest BCUT2D eigenvalue weighted by Gasteiger charge is 2.27. The van der Waals surface area contributed by atoms with Gasteiger partial charge in [-0.05, 0) is 32.0 Å². The molecule has 21 heavy (non-hydrogen) atoms. The lowest BCUT2D eigenvalue weighted by Gasteiger charge is -2.32. The first-order valence-electron chi connectivity index (χ1n) is 7.11. The molecule has 0 bridgehead atoms. The van der Waals surface area contributed by atoms with E-state index in [1.54, 1.807) is 0 Å². The zero-order valence-electron chi connectivity index (χ0n) is 12.2. The molecule has 118 valence electrons. The van der Waals surface area contributed by atoms with Crippen LogP contribution in [0.3, 0.4) is 0 Å². The first-order chi connectivity index (χ1) is 9.79. The third-order valence-electron chi connectivity index (χ3n) is 3.97. The fourth-order valence-corrected chi connectivity index (χ4v) is 4.31. The van der Waals surface area contributed by atoms with Crippen LogP contribution in [0.5, 0.6) is 0 Å². The number of nitrogens with one attached hydrogen (secondary N) is 2. The largest absolute Gasteiger partial charge is 0.333 e. The maximum Gasteiger partial charge on any atom is 0.240 e. The van der Waals surface area contributed by atoms with Crippen molar-refractivity contribution < 1.29 is 13.3 Å². The SMILES string of the molecule is CC(C)[NH+]1CCC(NS(=O)(=O)c2ccc(Cl)c(Cl)c2)CC1. The second kappa shape index (κ2) is 6.84. The first kappa shape index (κ1) is 17.0. The third kappa shape index (κ3) is 4.33. The van der Waals surface area contributed by atoms with Gasteiger partial charge in [-0.2, -0.15) is 0 Å². The van der Waals surface area contributed by atoms with E-state index < -0.39 is 10.0 Å². The molecule has 1 aromatic rings. The monoisotopic (exact) mass is 351 g/mol. The highest BCUT2D eigenvalue weighted by atomic mass is 35.5. The minimum absolute atomic E-state index is 0.00745. The Bertz CT molecular complexity index is 597. The van der Waals surface area contributed by atoms with Gasteiger partial charge in [-0.3, -0.25) is 0 Å². The van der Waals surface area contributed by atoms with Gasteiger partial charge in [0.25, 0.3) is 0 Å². The molecule has 0 unspecified atom stereocenters. The van der Waals surface area contributed by atoms with Crippen LogP contribution in [0, 0.1) is 0 Å². The number of halogens is 2. The summed E-state index contributed by atoms with van der Waals surface area (Å²) in [6.45, 7) is 6.36. The Morgan fingerprint density at radius 2 is 1.81 bits per heavy atom. The van der Waals surface area contributed by atoms with Crippen molar-refractivity contribution in [2.45, 2.75) is 43.7 Å². The Morgan fingerprint density at radius 1 is 1.19 bits per heavy atom. The van der Waals surface area contributed by atoms with E-state index in [2.05, 4.69) is 18.6 Å². The second-order valence-electron chi connectivity index (χ2n) is 5.78. The molecule has 0 aromatic heterocycles. The predicted molar refractivity (Wildman–Crippen MR) is 85.6 cm³/mol. The van der Waals surface area contributed by atoms with Crippen molar-refractivity contribution in [1.82, 2.24) is 4.72 Å². The normalized spacial score (nSPS) is 23.5. The molecule has 1 saturated heterocycles. The minimum Gasteiger partial charge on any atom is -0.333 e. The topological polar surface area (TPSA) is 50.6 Å². The van der Waals surface area contributed by atoms with Crippen molar-refractivity contribution in [2.24, 2.45) is 0 Å². The van der Waals surface area contributed by atoms with Gasteiger partial charge < -0.3 is 4.90 Å². The summed E-state index contributed by atoms with van der Waals surface area (Å²) < 4.78 is 27.5. The molecule has 0 aliphatic carbocycles. The van der Waals surface area contributed by atoms with E-state index in [-0.39, 0.29) is 16.0 Å². The fourth-order valence-electron chi connectivity index (χ4n) is 2.62. The summed E-state index contributed by atoms with van der Waals surface area (Å²) in [6.07, 6.45) is 1.71. The van der Waals surface area contributed by atoms with Gasteiger partial charge in [-0.25, -0.2) is 13.1 Å². The van der Waals surface area contributed by atoms with Crippen LogP contribution < -0.4 is 9.62 Å². The van der Waals surface area contributed by atoms with Gasteiger partial charge >= 0.3 is 0 Å². The van der Waals surface area contributed by atoms with Crippen LogP contribution in [0.2, 0.25) is 10.0 Å². The van der Waals surface area contributed by atoms with Crippen molar-refractivity contribution in [3.05, 3.63) is 28.2 Å². The number of piperidine rings is 1. The lowest BCUT2D eigenvalue weighted by Crippen LogP contribution is -3.16. The van der Waals surface area contributed by atoms with Crippen LogP contribution in [-0.4, -0.2) is 33.6 Å². The van der Waals surface area contributed by atoms with E-state index in [1.165, 1.54) is 23.1 Å². The molecular formula is C14H21Cl2N2O2S+. The molecule has 1 fully saturated rings. The molecule has 0 atom stereocenters. The number of hydrogen-bond donors (Lipinski definition) is 2. The maximum absolute atomic E-state index is 12.4. The van der Waals surface area contributed by atoms with Crippen molar-refractivity contribution in [3.63, 3.8) is 0 Å². The Balaban J connectivity index is 2.03. The molecule has 1 aliphatic rings. The average Bonchev–Trinajstić information content (AvgIpc) is 2.42. The molecular weight excluding hydrogens is 331 g/mol. The van der Waals surface area contributed by atoms with Gasteiger partial charge in [0.05, 0.1) is 34.1 Å². The van der Waals surface area contributed by atoms with Crippen molar-refractivity contribution in [2.75, 3.05) is 13.1 Å². The number of benzene rings is 1. The zero-order chi connectivity index (χ0) is 15.6. The lowest BCUT2D eigenvalue weighted by molar-refractivity contribution is -0.926. The zero-order valence-corrected chi connectivity index (χ0v) is 14.5. The smallest absolute Gasteiger partial charge is 0.240 e. The molecule has 1 heterocycles. The molecule has 1 aromatic carbocycles.